The Morgan fingerprint density at radius 3 is 2.36 bits per heavy atom. The Balaban J connectivity index is 1.39. The largest absolute Gasteiger partial charge is 0.322 e. The van der Waals surface area contributed by atoms with Crippen molar-refractivity contribution in [1.82, 2.24) is 0 Å². The first-order chi connectivity index (χ1) is 15.9. The van der Waals surface area contributed by atoms with Crippen LogP contribution in [-0.4, -0.2) is 26.8 Å². The molecule has 1 fully saturated rings. The average molecular weight is 462 g/mol. The van der Waals surface area contributed by atoms with Gasteiger partial charge in [-0.05, 0) is 60.5 Å². The predicted octanol–water partition coefficient (Wildman–Crippen LogP) is 4.48. The molecule has 168 valence electrons. The molecule has 1 aliphatic heterocycles. The van der Waals surface area contributed by atoms with Crippen molar-refractivity contribution in [2.24, 2.45) is 0 Å². The zero-order valence-corrected chi connectivity index (χ0v) is 18.6. The van der Waals surface area contributed by atoms with Crippen LogP contribution in [0.4, 0.5) is 17.1 Å². The number of sulfonamides is 1. The van der Waals surface area contributed by atoms with E-state index < -0.39 is 10.0 Å². The standard InChI is InChI=1S/C25H23N3O4S/c29-24-10-5-16-28(24)23-9-4-8-22(18-23)26-25(30)20-11-13-21(14-12-20)27-33(31,32)17-15-19-6-2-1-3-7-19/h1-4,6-9,11-15,17-18,27H,5,10,16H2,(H,26,30)/b17-15+. The molecule has 4 rings (SSSR count). The van der Waals surface area contributed by atoms with Crippen molar-refractivity contribution in [3.8, 4) is 0 Å². The molecule has 2 N–H and O–H groups in total. The third-order valence-corrected chi connectivity index (χ3v) is 6.15. The molecule has 2 amide bonds. The lowest BCUT2D eigenvalue weighted by Crippen LogP contribution is -2.23. The molecule has 0 radical (unpaired) electrons. The lowest BCUT2D eigenvalue weighted by atomic mass is 10.2. The van der Waals surface area contributed by atoms with Crippen LogP contribution in [0.25, 0.3) is 6.08 Å². The molecule has 0 atom stereocenters. The maximum absolute atomic E-state index is 12.6. The van der Waals surface area contributed by atoms with Crippen LogP contribution < -0.4 is 14.9 Å². The van der Waals surface area contributed by atoms with E-state index in [1.807, 2.05) is 24.3 Å². The summed E-state index contributed by atoms with van der Waals surface area (Å²) in [7, 11) is -3.70. The van der Waals surface area contributed by atoms with Crippen LogP contribution in [0, 0.1) is 0 Å². The Kier molecular flexibility index (Phi) is 6.55. The molecule has 0 aromatic heterocycles. The molecular formula is C25H23N3O4S. The number of carbonyl (C=O) groups excluding carboxylic acids is 2. The molecule has 33 heavy (non-hydrogen) atoms. The predicted molar refractivity (Wildman–Crippen MR) is 130 cm³/mol. The van der Waals surface area contributed by atoms with Crippen LogP contribution in [0.3, 0.4) is 0 Å². The summed E-state index contributed by atoms with van der Waals surface area (Å²) in [6, 6.07) is 22.4. The average Bonchev–Trinajstić information content (AvgIpc) is 3.25. The molecule has 0 unspecified atom stereocenters. The molecule has 1 aliphatic rings. The highest BCUT2D eigenvalue weighted by atomic mass is 32.2. The van der Waals surface area contributed by atoms with Crippen LogP contribution in [0.1, 0.15) is 28.8 Å². The maximum Gasteiger partial charge on any atom is 0.255 e. The van der Waals surface area contributed by atoms with Gasteiger partial charge in [-0.1, -0.05) is 36.4 Å². The fourth-order valence-electron chi connectivity index (χ4n) is 3.50. The van der Waals surface area contributed by atoms with E-state index in [4.69, 9.17) is 0 Å². The van der Waals surface area contributed by atoms with Gasteiger partial charge in [0.25, 0.3) is 15.9 Å². The van der Waals surface area contributed by atoms with E-state index in [0.717, 1.165) is 23.1 Å². The third-order valence-electron chi connectivity index (χ3n) is 5.14. The first-order valence-corrected chi connectivity index (χ1v) is 12.0. The summed E-state index contributed by atoms with van der Waals surface area (Å²) in [5, 5.41) is 3.91. The minimum atomic E-state index is -3.70. The van der Waals surface area contributed by atoms with E-state index in [1.165, 1.54) is 18.2 Å². The number of anilines is 3. The summed E-state index contributed by atoms with van der Waals surface area (Å²) in [6.45, 7) is 0.675. The van der Waals surface area contributed by atoms with E-state index in [-0.39, 0.29) is 11.8 Å². The summed E-state index contributed by atoms with van der Waals surface area (Å²) < 4.78 is 27.0. The fourth-order valence-corrected chi connectivity index (χ4v) is 4.37. The highest BCUT2D eigenvalue weighted by Gasteiger charge is 2.21. The molecule has 3 aromatic rings. The number of hydrogen-bond acceptors (Lipinski definition) is 4. The second kappa shape index (κ2) is 9.70. The van der Waals surface area contributed by atoms with Gasteiger partial charge in [-0.3, -0.25) is 14.3 Å². The first kappa shape index (κ1) is 22.3. The van der Waals surface area contributed by atoms with Gasteiger partial charge < -0.3 is 10.2 Å². The van der Waals surface area contributed by atoms with Crippen LogP contribution >= 0.6 is 0 Å². The van der Waals surface area contributed by atoms with Crippen molar-refractivity contribution in [1.29, 1.82) is 0 Å². The smallest absolute Gasteiger partial charge is 0.255 e. The van der Waals surface area contributed by atoms with Crippen molar-refractivity contribution in [2.75, 3.05) is 21.5 Å². The van der Waals surface area contributed by atoms with Gasteiger partial charge in [-0.2, -0.15) is 0 Å². The Morgan fingerprint density at radius 2 is 1.67 bits per heavy atom. The Labute approximate surface area is 192 Å². The summed E-state index contributed by atoms with van der Waals surface area (Å²) in [5.41, 5.74) is 2.82. The Bertz CT molecular complexity index is 1290. The number of nitrogens with one attached hydrogen (secondary N) is 2. The highest BCUT2D eigenvalue weighted by molar-refractivity contribution is 7.95. The SMILES string of the molecule is O=C(Nc1cccc(N2CCCC2=O)c1)c1ccc(NS(=O)(=O)/C=C/c2ccccc2)cc1. The second-order valence-electron chi connectivity index (χ2n) is 7.59. The number of benzene rings is 3. The molecule has 1 saturated heterocycles. The Hall–Kier alpha value is -3.91. The van der Waals surface area contributed by atoms with Gasteiger partial charge in [0, 0.05) is 35.6 Å². The minimum absolute atomic E-state index is 0.0788. The Morgan fingerprint density at radius 1 is 0.909 bits per heavy atom. The fraction of sp³-hybridized carbons (Fsp3) is 0.120. The van der Waals surface area contributed by atoms with Crippen molar-refractivity contribution in [2.45, 2.75) is 12.8 Å². The number of carbonyl (C=O) groups is 2. The van der Waals surface area contributed by atoms with Gasteiger partial charge in [0.1, 0.15) is 0 Å². The van der Waals surface area contributed by atoms with Crippen molar-refractivity contribution in [3.05, 3.63) is 95.4 Å². The van der Waals surface area contributed by atoms with E-state index >= 15 is 0 Å². The number of nitrogens with zero attached hydrogens (tertiary/aromatic N) is 1. The highest BCUT2D eigenvalue weighted by Crippen LogP contribution is 2.24. The van der Waals surface area contributed by atoms with Gasteiger partial charge in [-0.15, -0.1) is 0 Å². The molecule has 0 aliphatic carbocycles. The minimum Gasteiger partial charge on any atom is -0.322 e. The van der Waals surface area contributed by atoms with Crippen molar-refractivity contribution < 1.29 is 18.0 Å². The normalized spacial score (nSPS) is 13.9. The molecule has 3 aromatic carbocycles. The van der Waals surface area contributed by atoms with Crippen molar-refractivity contribution >= 4 is 45.0 Å². The number of rotatable bonds is 7. The maximum atomic E-state index is 12.6. The zero-order chi connectivity index (χ0) is 23.3. The van der Waals surface area contributed by atoms with E-state index in [9.17, 15) is 18.0 Å². The molecular weight excluding hydrogens is 438 g/mol. The summed E-state index contributed by atoms with van der Waals surface area (Å²) in [5.74, 6) is -0.256. The summed E-state index contributed by atoms with van der Waals surface area (Å²) >= 11 is 0. The summed E-state index contributed by atoms with van der Waals surface area (Å²) in [6.07, 6.45) is 2.87. The van der Waals surface area contributed by atoms with Gasteiger partial charge in [0.2, 0.25) is 5.91 Å². The number of amides is 2. The number of hydrogen-bond donors (Lipinski definition) is 2. The van der Waals surface area contributed by atoms with E-state index in [1.54, 1.807) is 47.4 Å². The van der Waals surface area contributed by atoms with E-state index in [2.05, 4.69) is 10.0 Å². The quantitative estimate of drug-likeness (QED) is 0.542. The van der Waals surface area contributed by atoms with Crippen LogP contribution in [-0.2, 0) is 14.8 Å². The lowest BCUT2D eigenvalue weighted by molar-refractivity contribution is -0.117. The second-order valence-corrected chi connectivity index (χ2v) is 9.16. The molecule has 7 nitrogen and oxygen atoms in total. The molecule has 1 heterocycles. The third kappa shape index (κ3) is 5.87. The first-order valence-electron chi connectivity index (χ1n) is 10.5. The van der Waals surface area contributed by atoms with Crippen LogP contribution in [0.5, 0.6) is 0 Å². The monoisotopic (exact) mass is 461 g/mol. The summed E-state index contributed by atoms with van der Waals surface area (Å²) in [4.78, 5) is 26.3. The van der Waals surface area contributed by atoms with Crippen molar-refractivity contribution in [3.63, 3.8) is 0 Å². The van der Waals surface area contributed by atoms with Crippen LogP contribution in [0.2, 0.25) is 0 Å². The molecule has 0 spiro atoms. The van der Waals surface area contributed by atoms with Gasteiger partial charge >= 0.3 is 0 Å². The molecule has 8 heteroatoms. The zero-order valence-electron chi connectivity index (χ0n) is 17.8. The topological polar surface area (TPSA) is 95.6 Å². The molecule has 0 saturated carbocycles. The van der Waals surface area contributed by atoms with Gasteiger partial charge in [0.15, 0.2) is 0 Å². The lowest BCUT2D eigenvalue weighted by Gasteiger charge is -2.16. The van der Waals surface area contributed by atoms with Gasteiger partial charge in [0.05, 0.1) is 5.41 Å². The van der Waals surface area contributed by atoms with Crippen LogP contribution in [0.15, 0.2) is 84.3 Å². The molecule has 0 bridgehead atoms. The van der Waals surface area contributed by atoms with E-state index in [0.29, 0.717) is 29.9 Å². The van der Waals surface area contributed by atoms with Gasteiger partial charge in [-0.25, -0.2) is 8.42 Å².